The van der Waals surface area contributed by atoms with Gasteiger partial charge in [0.25, 0.3) is 0 Å². The summed E-state index contributed by atoms with van der Waals surface area (Å²) in [5.41, 5.74) is 1.02. The van der Waals surface area contributed by atoms with Crippen molar-refractivity contribution in [2.75, 3.05) is 0 Å². The molecule has 4 rings (SSSR count). The third-order valence-electron chi connectivity index (χ3n) is 4.54. The van der Waals surface area contributed by atoms with E-state index in [9.17, 15) is 9.18 Å². The number of aromatic amines is 1. The van der Waals surface area contributed by atoms with Gasteiger partial charge >= 0.3 is 0 Å². The van der Waals surface area contributed by atoms with E-state index in [-0.39, 0.29) is 23.6 Å². The Kier molecular flexibility index (Phi) is 3.52. The van der Waals surface area contributed by atoms with Gasteiger partial charge in [-0.25, -0.2) is 4.39 Å². The van der Waals surface area contributed by atoms with Crippen LogP contribution < -0.4 is 5.32 Å². The lowest BCUT2D eigenvalue weighted by atomic mass is 10.1. The molecule has 0 bridgehead atoms. The zero-order valence-electron chi connectivity index (χ0n) is 12.5. The van der Waals surface area contributed by atoms with Crippen molar-refractivity contribution in [2.24, 2.45) is 5.92 Å². The lowest BCUT2D eigenvalue weighted by molar-refractivity contribution is -0.122. The molecule has 2 aliphatic rings. The van der Waals surface area contributed by atoms with Crippen LogP contribution in [0.2, 0.25) is 0 Å². The summed E-state index contributed by atoms with van der Waals surface area (Å²) in [6.45, 7) is 0.384. The van der Waals surface area contributed by atoms with Crippen molar-refractivity contribution >= 4 is 18.1 Å². The summed E-state index contributed by atoms with van der Waals surface area (Å²) < 4.78 is 15.6. The zero-order valence-corrected chi connectivity index (χ0v) is 13.3. The van der Waals surface area contributed by atoms with Gasteiger partial charge in [0.1, 0.15) is 5.82 Å². The first-order chi connectivity index (χ1) is 11.1. The fraction of sp³-hybridized carbons (Fsp3) is 0.438. The Morgan fingerprint density at radius 3 is 2.83 bits per heavy atom. The third kappa shape index (κ3) is 2.93. The number of rotatable bonds is 5. The van der Waals surface area contributed by atoms with Crippen LogP contribution in [0.5, 0.6) is 0 Å². The number of H-pyrrole nitrogens is 1. The topological polar surface area (TPSA) is 62.7 Å². The highest BCUT2D eigenvalue weighted by Crippen LogP contribution is 2.47. The van der Waals surface area contributed by atoms with Crippen molar-refractivity contribution in [1.29, 1.82) is 0 Å². The zero-order chi connectivity index (χ0) is 16.0. The number of hydrogen-bond donors (Lipinski definition) is 2. The van der Waals surface area contributed by atoms with Gasteiger partial charge in [-0.05, 0) is 55.1 Å². The number of halogens is 1. The van der Waals surface area contributed by atoms with Crippen LogP contribution in [0.15, 0.2) is 24.3 Å². The molecule has 2 saturated carbocycles. The predicted molar refractivity (Wildman–Crippen MR) is 84.8 cm³/mol. The summed E-state index contributed by atoms with van der Waals surface area (Å²) in [4.78, 5) is 12.3. The van der Waals surface area contributed by atoms with Crippen molar-refractivity contribution in [3.8, 4) is 0 Å². The first-order valence-corrected chi connectivity index (χ1v) is 8.23. The van der Waals surface area contributed by atoms with Gasteiger partial charge in [0.15, 0.2) is 10.6 Å². The molecule has 0 spiro atoms. The minimum atomic E-state index is -0.252. The quantitative estimate of drug-likeness (QED) is 0.828. The number of hydrogen-bond acceptors (Lipinski definition) is 3. The number of carbonyl (C=O) groups excluding carboxylic acids is 1. The average molecular weight is 332 g/mol. The fourth-order valence-electron chi connectivity index (χ4n) is 3.03. The summed E-state index contributed by atoms with van der Waals surface area (Å²) in [5.74, 6) is 0.718. The van der Waals surface area contributed by atoms with E-state index >= 15 is 0 Å². The molecular weight excluding hydrogens is 315 g/mol. The molecule has 0 saturated heterocycles. The van der Waals surface area contributed by atoms with Gasteiger partial charge in [-0.3, -0.25) is 14.5 Å². The highest BCUT2D eigenvalue weighted by atomic mass is 32.1. The fourth-order valence-corrected chi connectivity index (χ4v) is 3.33. The maximum absolute atomic E-state index is 12.9. The molecule has 1 aromatic carbocycles. The van der Waals surface area contributed by atoms with Gasteiger partial charge in [0.05, 0.1) is 6.54 Å². The molecule has 1 heterocycles. The minimum Gasteiger partial charge on any atom is -0.349 e. The predicted octanol–water partition coefficient (Wildman–Crippen LogP) is 2.83. The molecule has 2 aromatic rings. The van der Waals surface area contributed by atoms with Gasteiger partial charge in [0.2, 0.25) is 5.91 Å². The van der Waals surface area contributed by atoms with E-state index in [1.165, 1.54) is 12.1 Å². The number of carbonyl (C=O) groups is 1. The van der Waals surface area contributed by atoms with E-state index in [1.54, 1.807) is 12.1 Å². The van der Waals surface area contributed by atoms with Crippen LogP contribution in [0.1, 0.15) is 42.6 Å². The van der Waals surface area contributed by atoms with E-state index in [0.717, 1.165) is 30.7 Å². The number of nitrogens with one attached hydrogen (secondary N) is 2. The van der Waals surface area contributed by atoms with Gasteiger partial charge in [0, 0.05) is 12.0 Å². The lowest BCUT2D eigenvalue weighted by Gasteiger charge is -2.07. The van der Waals surface area contributed by atoms with Crippen molar-refractivity contribution in [3.63, 3.8) is 0 Å². The Labute approximate surface area is 137 Å². The Bertz CT molecular complexity index is 793. The monoisotopic (exact) mass is 332 g/mol. The average Bonchev–Trinajstić information content (AvgIpc) is 3.45. The van der Waals surface area contributed by atoms with Crippen LogP contribution in [-0.2, 0) is 11.3 Å². The smallest absolute Gasteiger partial charge is 0.224 e. The van der Waals surface area contributed by atoms with Gasteiger partial charge in [-0.1, -0.05) is 12.1 Å². The van der Waals surface area contributed by atoms with E-state index in [0.29, 0.717) is 17.4 Å². The summed E-state index contributed by atoms with van der Waals surface area (Å²) >= 11 is 5.23. The molecule has 1 aromatic heterocycles. The van der Waals surface area contributed by atoms with Crippen molar-refractivity contribution in [3.05, 3.63) is 46.2 Å². The Hall–Kier alpha value is -2.02. The molecule has 0 unspecified atom stereocenters. The minimum absolute atomic E-state index is 0.0237. The Morgan fingerprint density at radius 2 is 2.13 bits per heavy atom. The van der Waals surface area contributed by atoms with Gasteiger partial charge in [-0.2, -0.15) is 5.10 Å². The van der Waals surface area contributed by atoms with Crippen LogP contribution in [-0.4, -0.2) is 20.7 Å². The maximum atomic E-state index is 12.9. The molecule has 5 nitrogen and oxygen atoms in total. The second-order valence-electron chi connectivity index (χ2n) is 6.26. The lowest BCUT2D eigenvalue weighted by Crippen LogP contribution is -2.26. The molecule has 0 aliphatic heterocycles. The van der Waals surface area contributed by atoms with Crippen molar-refractivity contribution in [2.45, 2.75) is 37.8 Å². The third-order valence-corrected chi connectivity index (χ3v) is 4.82. The summed E-state index contributed by atoms with van der Waals surface area (Å²) in [6.07, 6.45) is 3.04. The second-order valence-corrected chi connectivity index (χ2v) is 6.65. The maximum Gasteiger partial charge on any atom is 0.224 e. The van der Waals surface area contributed by atoms with Crippen molar-refractivity contribution < 1.29 is 9.18 Å². The molecule has 1 amide bonds. The van der Waals surface area contributed by atoms with Crippen LogP contribution in [0.4, 0.5) is 4.39 Å². The molecule has 2 fully saturated rings. The van der Waals surface area contributed by atoms with Crippen LogP contribution in [0.3, 0.4) is 0 Å². The molecule has 2 atom stereocenters. The summed E-state index contributed by atoms with van der Waals surface area (Å²) in [5, 5.41) is 9.95. The Balaban J connectivity index is 1.36. The summed E-state index contributed by atoms with van der Waals surface area (Å²) in [7, 11) is 0. The first kappa shape index (κ1) is 14.6. The molecule has 0 radical (unpaired) electrons. The van der Waals surface area contributed by atoms with Gasteiger partial charge in [-0.15, -0.1) is 0 Å². The first-order valence-electron chi connectivity index (χ1n) is 7.82. The van der Waals surface area contributed by atoms with E-state index in [4.69, 9.17) is 12.2 Å². The molecular formula is C16H17FN4OS. The summed E-state index contributed by atoms with van der Waals surface area (Å²) in [6, 6.07) is 6.82. The molecule has 120 valence electrons. The Morgan fingerprint density at radius 1 is 1.39 bits per heavy atom. The van der Waals surface area contributed by atoms with E-state index < -0.39 is 0 Å². The molecule has 7 heteroatoms. The highest BCUT2D eigenvalue weighted by Gasteiger charge is 2.43. The SMILES string of the molecule is O=C(NCc1n[nH]c(=S)n1C1CC1)[C@H]1C[C@H]1c1ccc(F)cc1. The molecule has 2 aliphatic carbocycles. The largest absolute Gasteiger partial charge is 0.349 e. The number of aromatic nitrogens is 3. The highest BCUT2D eigenvalue weighted by molar-refractivity contribution is 7.71. The van der Waals surface area contributed by atoms with E-state index in [1.807, 2.05) is 4.57 Å². The number of nitrogens with zero attached hydrogens (tertiary/aromatic N) is 2. The second kappa shape index (κ2) is 5.56. The van der Waals surface area contributed by atoms with Crippen LogP contribution >= 0.6 is 12.2 Å². The normalized spacial score (nSPS) is 22.8. The van der Waals surface area contributed by atoms with Crippen LogP contribution in [0, 0.1) is 16.5 Å². The standard InChI is InChI=1S/C16H17FN4OS/c17-10-3-1-9(2-4-10)12-7-13(12)15(22)18-8-14-19-20-16(23)21(14)11-5-6-11/h1-4,11-13H,5-8H2,(H,18,22)(H,20,23)/t12-,13-/m0/s1. The van der Waals surface area contributed by atoms with Crippen LogP contribution in [0.25, 0.3) is 0 Å². The number of benzene rings is 1. The molecule has 23 heavy (non-hydrogen) atoms. The van der Waals surface area contributed by atoms with Gasteiger partial charge < -0.3 is 5.32 Å². The van der Waals surface area contributed by atoms with Crippen molar-refractivity contribution in [1.82, 2.24) is 20.1 Å². The molecule has 2 N–H and O–H groups in total. The number of amides is 1. The van der Waals surface area contributed by atoms with E-state index in [2.05, 4.69) is 15.5 Å².